The highest BCUT2D eigenvalue weighted by atomic mass is 16.2. The van der Waals surface area contributed by atoms with Crippen LogP contribution in [-0.4, -0.2) is 38.9 Å². The van der Waals surface area contributed by atoms with Crippen molar-refractivity contribution in [3.63, 3.8) is 0 Å². The molecule has 74 valence electrons. The van der Waals surface area contributed by atoms with Crippen LogP contribution in [0.2, 0.25) is 0 Å². The molecule has 0 spiro atoms. The van der Waals surface area contributed by atoms with Crippen LogP contribution < -0.4 is 0 Å². The van der Waals surface area contributed by atoms with Crippen LogP contribution in [0.1, 0.15) is 0 Å². The highest BCUT2D eigenvalue weighted by molar-refractivity contribution is 5.87. The number of amides is 1. The van der Waals surface area contributed by atoms with Gasteiger partial charge in [-0.3, -0.25) is 9.48 Å². The molecule has 0 unspecified atom stereocenters. The number of aromatic nitrogens is 3. The lowest BCUT2D eigenvalue weighted by molar-refractivity contribution is -0.132. The summed E-state index contributed by atoms with van der Waals surface area (Å²) in [4.78, 5) is 12.9. The molecular formula is C9H12N4O. The Morgan fingerprint density at radius 2 is 2.43 bits per heavy atom. The van der Waals surface area contributed by atoms with Gasteiger partial charge in [-0.2, -0.15) is 0 Å². The lowest BCUT2D eigenvalue weighted by atomic mass is 10.0. The van der Waals surface area contributed by atoms with Crippen LogP contribution in [0.4, 0.5) is 0 Å². The number of hydrogen-bond acceptors (Lipinski definition) is 3. The Morgan fingerprint density at radius 1 is 1.64 bits per heavy atom. The topological polar surface area (TPSA) is 51.0 Å². The quantitative estimate of drug-likeness (QED) is 0.629. The summed E-state index contributed by atoms with van der Waals surface area (Å²) in [7, 11) is 0. The molecule has 1 fully saturated rings. The zero-order valence-corrected chi connectivity index (χ0v) is 7.83. The zero-order valence-electron chi connectivity index (χ0n) is 7.83. The van der Waals surface area contributed by atoms with Gasteiger partial charge < -0.3 is 4.90 Å². The van der Waals surface area contributed by atoms with Crippen molar-refractivity contribution in [1.29, 1.82) is 0 Å². The predicted molar refractivity (Wildman–Crippen MR) is 50.3 cm³/mol. The minimum atomic E-state index is 0.0137. The third-order valence-corrected chi connectivity index (χ3v) is 2.36. The van der Waals surface area contributed by atoms with E-state index in [1.54, 1.807) is 15.8 Å². The number of carbonyl (C=O) groups excluding carboxylic acids is 1. The van der Waals surface area contributed by atoms with E-state index in [0.29, 0.717) is 5.92 Å². The molecule has 2 rings (SSSR count). The Labute approximate surface area is 82.0 Å². The van der Waals surface area contributed by atoms with Gasteiger partial charge in [0.15, 0.2) is 0 Å². The Bertz CT molecular complexity index is 327. The van der Waals surface area contributed by atoms with Crippen LogP contribution in [-0.2, 0) is 11.3 Å². The largest absolute Gasteiger partial charge is 0.338 e. The minimum absolute atomic E-state index is 0.0137. The summed E-state index contributed by atoms with van der Waals surface area (Å²) in [6.07, 6.45) is 4.84. The second-order valence-electron chi connectivity index (χ2n) is 3.44. The molecular weight excluding hydrogens is 180 g/mol. The van der Waals surface area contributed by atoms with Crippen molar-refractivity contribution in [3.05, 3.63) is 25.0 Å². The van der Waals surface area contributed by atoms with Crippen LogP contribution in [0.15, 0.2) is 25.0 Å². The van der Waals surface area contributed by atoms with Gasteiger partial charge in [-0.05, 0) is 6.08 Å². The maximum Gasteiger partial charge on any atom is 0.245 e. The minimum Gasteiger partial charge on any atom is -0.338 e. The van der Waals surface area contributed by atoms with Gasteiger partial charge in [0.1, 0.15) is 0 Å². The van der Waals surface area contributed by atoms with Crippen molar-refractivity contribution in [2.75, 3.05) is 13.1 Å². The first-order valence-corrected chi connectivity index (χ1v) is 4.55. The molecule has 1 amide bonds. The molecule has 0 radical (unpaired) electrons. The molecule has 5 heteroatoms. The summed E-state index contributed by atoms with van der Waals surface area (Å²) < 4.78 is 1.79. The second-order valence-corrected chi connectivity index (χ2v) is 3.44. The summed E-state index contributed by atoms with van der Waals surface area (Å²) in [5.41, 5.74) is 0. The highest BCUT2D eigenvalue weighted by Crippen LogP contribution is 2.17. The standard InChI is InChI=1S/C9H12N4O/c1-2-9(14)12-5-8(6-12)7-13-4-3-10-11-13/h2-4,8H,1,5-7H2. The Morgan fingerprint density at radius 3 is 3.00 bits per heavy atom. The van der Waals surface area contributed by atoms with E-state index in [0.717, 1.165) is 19.6 Å². The molecule has 0 atom stereocenters. The van der Waals surface area contributed by atoms with Gasteiger partial charge in [0.05, 0.1) is 6.20 Å². The van der Waals surface area contributed by atoms with Gasteiger partial charge in [-0.25, -0.2) is 0 Å². The van der Waals surface area contributed by atoms with E-state index in [4.69, 9.17) is 0 Å². The van der Waals surface area contributed by atoms with Crippen molar-refractivity contribution >= 4 is 5.91 Å². The SMILES string of the molecule is C=CC(=O)N1CC(Cn2ccnn2)C1. The molecule has 1 aromatic rings. The van der Waals surface area contributed by atoms with E-state index < -0.39 is 0 Å². The highest BCUT2D eigenvalue weighted by Gasteiger charge is 2.29. The van der Waals surface area contributed by atoms with Crippen LogP contribution in [0.25, 0.3) is 0 Å². The smallest absolute Gasteiger partial charge is 0.245 e. The number of likely N-dealkylation sites (tertiary alicyclic amines) is 1. The Balaban J connectivity index is 1.78. The van der Waals surface area contributed by atoms with Gasteiger partial charge >= 0.3 is 0 Å². The van der Waals surface area contributed by atoms with Crippen molar-refractivity contribution in [3.8, 4) is 0 Å². The third kappa shape index (κ3) is 1.66. The van der Waals surface area contributed by atoms with Gasteiger partial charge in [0, 0.05) is 31.7 Å². The van der Waals surface area contributed by atoms with Crippen molar-refractivity contribution in [2.45, 2.75) is 6.54 Å². The molecule has 1 aliphatic rings. The molecule has 1 aliphatic heterocycles. The first kappa shape index (κ1) is 8.93. The van der Waals surface area contributed by atoms with Crippen molar-refractivity contribution in [2.24, 2.45) is 5.92 Å². The van der Waals surface area contributed by atoms with Crippen LogP contribution in [0.3, 0.4) is 0 Å². The predicted octanol–water partition coefficient (Wildman–Crippen LogP) is -0.0775. The summed E-state index contributed by atoms with van der Waals surface area (Å²) in [6, 6.07) is 0. The van der Waals surface area contributed by atoms with E-state index in [9.17, 15) is 4.79 Å². The fourth-order valence-electron chi connectivity index (χ4n) is 1.59. The lowest BCUT2D eigenvalue weighted by Crippen LogP contribution is -2.50. The summed E-state index contributed by atoms with van der Waals surface area (Å²) >= 11 is 0. The Hall–Kier alpha value is -1.65. The van der Waals surface area contributed by atoms with Crippen LogP contribution in [0.5, 0.6) is 0 Å². The fraction of sp³-hybridized carbons (Fsp3) is 0.444. The maximum atomic E-state index is 11.1. The number of nitrogens with zero attached hydrogens (tertiary/aromatic N) is 4. The average Bonchev–Trinajstić information content (AvgIpc) is 2.61. The molecule has 0 aliphatic carbocycles. The van der Waals surface area contributed by atoms with Crippen LogP contribution >= 0.6 is 0 Å². The van der Waals surface area contributed by atoms with Crippen LogP contribution in [0, 0.1) is 5.92 Å². The second kappa shape index (κ2) is 3.61. The number of carbonyl (C=O) groups is 1. The molecule has 5 nitrogen and oxygen atoms in total. The first-order chi connectivity index (χ1) is 6.79. The summed E-state index contributed by atoms with van der Waals surface area (Å²) in [5, 5.41) is 7.59. The number of rotatable bonds is 3. The number of hydrogen-bond donors (Lipinski definition) is 0. The average molecular weight is 192 g/mol. The Kier molecular flexibility index (Phi) is 2.30. The normalized spacial score (nSPS) is 16.4. The van der Waals surface area contributed by atoms with E-state index >= 15 is 0 Å². The first-order valence-electron chi connectivity index (χ1n) is 4.55. The van der Waals surface area contributed by atoms with E-state index in [-0.39, 0.29) is 5.91 Å². The lowest BCUT2D eigenvalue weighted by Gasteiger charge is -2.38. The maximum absolute atomic E-state index is 11.1. The van der Waals surface area contributed by atoms with E-state index in [1.807, 2.05) is 6.20 Å². The molecule has 0 saturated carbocycles. The molecule has 2 heterocycles. The van der Waals surface area contributed by atoms with Gasteiger partial charge in [-0.15, -0.1) is 5.10 Å². The zero-order chi connectivity index (χ0) is 9.97. The molecule has 0 aromatic carbocycles. The van der Waals surface area contributed by atoms with E-state index in [1.165, 1.54) is 6.08 Å². The van der Waals surface area contributed by atoms with Gasteiger partial charge in [-0.1, -0.05) is 11.8 Å². The monoisotopic (exact) mass is 192 g/mol. The van der Waals surface area contributed by atoms with Gasteiger partial charge in [0.25, 0.3) is 0 Å². The third-order valence-electron chi connectivity index (χ3n) is 2.36. The van der Waals surface area contributed by atoms with Crippen molar-refractivity contribution in [1.82, 2.24) is 19.9 Å². The summed E-state index contributed by atoms with van der Waals surface area (Å²) in [5.74, 6) is 0.514. The van der Waals surface area contributed by atoms with Crippen molar-refractivity contribution < 1.29 is 4.79 Å². The molecule has 1 aromatic heterocycles. The van der Waals surface area contributed by atoms with E-state index in [2.05, 4.69) is 16.9 Å². The molecule has 0 bridgehead atoms. The molecule has 1 saturated heterocycles. The fourth-order valence-corrected chi connectivity index (χ4v) is 1.59. The summed E-state index contributed by atoms with van der Waals surface area (Å²) in [6.45, 7) is 5.87. The molecule has 0 N–H and O–H groups in total. The molecule has 14 heavy (non-hydrogen) atoms. The van der Waals surface area contributed by atoms with Gasteiger partial charge in [0.2, 0.25) is 5.91 Å².